The van der Waals surface area contributed by atoms with Crippen LogP contribution in [0.4, 0.5) is 0 Å². The molecule has 4 nitrogen and oxygen atoms in total. The molecule has 1 unspecified atom stereocenters. The number of hydrogen-bond donors (Lipinski definition) is 1. The van der Waals surface area contributed by atoms with Crippen LogP contribution in [0.15, 0.2) is 30.3 Å². The number of rotatable bonds is 5. The second-order valence-electron chi connectivity index (χ2n) is 5.46. The molecule has 1 aliphatic heterocycles. The van der Waals surface area contributed by atoms with Crippen LogP contribution in [0.25, 0.3) is 0 Å². The van der Waals surface area contributed by atoms with Gasteiger partial charge in [-0.05, 0) is 43.8 Å². The average Bonchev–Trinajstić information content (AvgIpc) is 2.53. The summed E-state index contributed by atoms with van der Waals surface area (Å²) in [6, 6.07) is 10.1. The third-order valence-electron chi connectivity index (χ3n) is 4.17. The van der Waals surface area contributed by atoms with Gasteiger partial charge in [0.05, 0.1) is 7.11 Å². The number of hydrogen-bond acceptors (Lipinski definition) is 4. The van der Waals surface area contributed by atoms with Crippen molar-refractivity contribution >= 4 is 30.8 Å². The van der Waals surface area contributed by atoms with Crippen LogP contribution >= 0.6 is 24.8 Å². The molecule has 126 valence electrons. The Morgan fingerprint density at radius 1 is 1.27 bits per heavy atom. The van der Waals surface area contributed by atoms with Crippen LogP contribution in [0.2, 0.25) is 0 Å². The van der Waals surface area contributed by atoms with Gasteiger partial charge in [-0.25, -0.2) is 0 Å². The first-order valence-corrected chi connectivity index (χ1v) is 7.30. The Labute approximate surface area is 145 Å². The summed E-state index contributed by atoms with van der Waals surface area (Å²) in [7, 11) is 1.40. The lowest BCUT2D eigenvalue weighted by molar-refractivity contribution is -0.144. The van der Waals surface area contributed by atoms with Crippen LogP contribution in [0.3, 0.4) is 0 Å². The van der Waals surface area contributed by atoms with Crippen LogP contribution in [-0.2, 0) is 16.0 Å². The van der Waals surface area contributed by atoms with E-state index in [1.807, 2.05) is 6.07 Å². The molecule has 1 aromatic rings. The van der Waals surface area contributed by atoms with Crippen molar-refractivity contribution in [3.8, 4) is 0 Å². The van der Waals surface area contributed by atoms with Gasteiger partial charge in [-0.1, -0.05) is 30.3 Å². The highest BCUT2D eigenvalue weighted by molar-refractivity contribution is 5.85. The van der Waals surface area contributed by atoms with Gasteiger partial charge >= 0.3 is 5.97 Å². The maximum Gasteiger partial charge on any atom is 0.322 e. The van der Waals surface area contributed by atoms with Gasteiger partial charge in [-0.3, -0.25) is 4.79 Å². The van der Waals surface area contributed by atoms with Gasteiger partial charge in [0, 0.05) is 6.54 Å². The molecule has 1 saturated heterocycles. The smallest absolute Gasteiger partial charge is 0.322 e. The summed E-state index contributed by atoms with van der Waals surface area (Å²) in [4.78, 5) is 13.9. The normalized spacial score (nSPS) is 17.0. The van der Waals surface area contributed by atoms with Crippen LogP contribution in [0.5, 0.6) is 0 Å². The minimum absolute atomic E-state index is 0. The lowest BCUT2D eigenvalue weighted by Gasteiger charge is -2.33. The van der Waals surface area contributed by atoms with Crippen molar-refractivity contribution in [3.63, 3.8) is 0 Å². The lowest BCUT2D eigenvalue weighted by Crippen LogP contribution is -2.45. The molecule has 0 radical (unpaired) electrons. The van der Waals surface area contributed by atoms with E-state index in [9.17, 15) is 4.79 Å². The van der Waals surface area contributed by atoms with Crippen molar-refractivity contribution in [1.82, 2.24) is 4.90 Å². The van der Waals surface area contributed by atoms with Crippen LogP contribution in [0, 0.1) is 5.92 Å². The summed E-state index contributed by atoms with van der Waals surface area (Å²) in [5, 5.41) is 0. The van der Waals surface area contributed by atoms with E-state index in [-0.39, 0.29) is 36.7 Å². The predicted octanol–water partition coefficient (Wildman–Crippen LogP) is 2.29. The SMILES string of the molecule is COC(=O)C(N)C1CCN(CCc2ccccc2)CC1.Cl.Cl. The highest BCUT2D eigenvalue weighted by atomic mass is 35.5. The molecule has 1 heterocycles. The molecule has 1 atom stereocenters. The highest BCUT2D eigenvalue weighted by Crippen LogP contribution is 2.20. The Hall–Kier alpha value is -0.810. The predicted molar refractivity (Wildman–Crippen MR) is 93.8 cm³/mol. The van der Waals surface area contributed by atoms with E-state index < -0.39 is 6.04 Å². The zero-order valence-electron chi connectivity index (χ0n) is 12.9. The summed E-state index contributed by atoms with van der Waals surface area (Å²) in [6.07, 6.45) is 3.03. The number of nitrogens with zero attached hydrogens (tertiary/aromatic N) is 1. The molecule has 0 aliphatic carbocycles. The minimum Gasteiger partial charge on any atom is -0.468 e. The number of halogens is 2. The standard InChI is InChI=1S/C16H24N2O2.2ClH/c1-20-16(19)15(17)14-8-11-18(12-9-14)10-7-13-5-3-2-4-6-13;;/h2-6,14-15H,7-12,17H2,1H3;2*1H. The Morgan fingerprint density at radius 3 is 2.41 bits per heavy atom. The van der Waals surface area contributed by atoms with Crippen LogP contribution in [-0.4, -0.2) is 43.7 Å². The van der Waals surface area contributed by atoms with Crippen molar-refractivity contribution in [1.29, 1.82) is 0 Å². The molecule has 1 aromatic carbocycles. The first-order chi connectivity index (χ1) is 9.70. The van der Waals surface area contributed by atoms with Gasteiger partial charge in [-0.15, -0.1) is 24.8 Å². The fourth-order valence-electron chi connectivity index (χ4n) is 2.80. The van der Waals surface area contributed by atoms with E-state index in [0.717, 1.165) is 38.9 Å². The Bertz CT molecular complexity index is 423. The minimum atomic E-state index is -0.462. The number of carbonyl (C=O) groups excluding carboxylic acids is 1. The fourth-order valence-corrected chi connectivity index (χ4v) is 2.80. The van der Waals surface area contributed by atoms with E-state index in [4.69, 9.17) is 10.5 Å². The summed E-state index contributed by atoms with van der Waals surface area (Å²) in [5.74, 6) is -0.0249. The summed E-state index contributed by atoms with van der Waals surface area (Å²) < 4.78 is 4.72. The maximum atomic E-state index is 11.4. The first kappa shape index (κ1) is 21.2. The van der Waals surface area contributed by atoms with Gasteiger partial charge in [0.1, 0.15) is 6.04 Å². The van der Waals surface area contributed by atoms with Crippen LogP contribution in [0.1, 0.15) is 18.4 Å². The molecule has 6 heteroatoms. The molecular formula is C16H26Cl2N2O2. The Balaban J connectivity index is 0.00000220. The van der Waals surface area contributed by atoms with E-state index in [1.165, 1.54) is 12.7 Å². The molecule has 0 saturated carbocycles. The monoisotopic (exact) mass is 348 g/mol. The number of esters is 1. The average molecular weight is 349 g/mol. The molecule has 0 aromatic heterocycles. The van der Waals surface area contributed by atoms with Crippen LogP contribution < -0.4 is 5.73 Å². The number of methoxy groups -OCH3 is 1. The second-order valence-corrected chi connectivity index (χ2v) is 5.46. The van der Waals surface area contributed by atoms with Gasteiger partial charge in [0.15, 0.2) is 0 Å². The van der Waals surface area contributed by atoms with Crippen molar-refractivity contribution in [2.75, 3.05) is 26.7 Å². The molecular weight excluding hydrogens is 323 g/mol. The fraction of sp³-hybridized carbons (Fsp3) is 0.562. The molecule has 0 amide bonds. The molecule has 22 heavy (non-hydrogen) atoms. The molecule has 1 fully saturated rings. The zero-order valence-corrected chi connectivity index (χ0v) is 14.6. The highest BCUT2D eigenvalue weighted by Gasteiger charge is 2.28. The number of likely N-dealkylation sites (tertiary alicyclic amines) is 1. The summed E-state index contributed by atoms with van der Waals surface area (Å²) >= 11 is 0. The maximum absolute atomic E-state index is 11.4. The third-order valence-corrected chi connectivity index (χ3v) is 4.17. The first-order valence-electron chi connectivity index (χ1n) is 7.30. The van der Waals surface area contributed by atoms with E-state index >= 15 is 0 Å². The van der Waals surface area contributed by atoms with Gasteiger partial charge < -0.3 is 15.4 Å². The summed E-state index contributed by atoms with van der Waals surface area (Å²) in [5.41, 5.74) is 7.30. The Morgan fingerprint density at radius 2 is 1.86 bits per heavy atom. The van der Waals surface area contributed by atoms with E-state index in [2.05, 4.69) is 29.2 Å². The topological polar surface area (TPSA) is 55.6 Å². The second kappa shape index (κ2) is 10.8. The van der Waals surface area contributed by atoms with Crippen molar-refractivity contribution in [2.45, 2.75) is 25.3 Å². The zero-order chi connectivity index (χ0) is 14.4. The molecule has 2 rings (SSSR count). The lowest BCUT2D eigenvalue weighted by atomic mass is 9.90. The Kier molecular flexibility index (Phi) is 10.4. The number of ether oxygens (including phenoxy) is 1. The number of carbonyl (C=O) groups is 1. The molecule has 1 aliphatic rings. The largest absolute Gasteiger partial charge is 0.468 e. The van der Waals surface area contributed by atoms with E-state index in [1.54, 1.807) is 0 Å². The number of nitrogens with two attached hydrogens (primary N) is 1. The van der Waals surface area contributed by atoms with Crippen molar-refractivity contribution in [2.24, 2.45) is 11.7 Å². The summed E-state index contributed by atoms with van der Waals surface area (Å²) in [6.45, 7) is 3.11. The molecule has 0 spiro atoms. The quantitative estimate of drug-likeness (QED) is 0.829. The molecule has 2 N–H and O–H groups in total. The van der Waals surface area contributed by atoms with Crippen molar-refractivity contribution < 1.29 is 9.53 Å². The van der Waals surface area contributed by atoms with E-state index in [0.29, 0.717) is 0 Å². The van der Waals surface area contributed by atoms with Gasteiger partial charge in [0.25, 0.3) is 0 Å². The van der Waals surface area contributed by atoms with Gasteiger partial charge in [0.2, 0.25) is 0 Å². The van der Waals surface area contributed by atoms with Crippen molar-refractivity contribution in [3.05, 3.63) is 35.9 Å². The number of benzene rings is 1. The van der Waals surface area contributed by atoms with Gasteiger partial charge in [-0.2, -0.15) is 0 Å². The number of piperidine rings is 1. The third kappa shape index (κ3) is 6.13. The molecule has 0 bridgehead atoms.